The minimum absolute atomic E-state index is 0.114. The summed E-state index contributed by atoms with van der Waals surface area (Å²) < 4.78 is 137. The molecule has 0 saturated heterocycles. The summed E-state index contributed by atoms with van der Waals surface area (Å²) in [6.45, 7) is 2.20. The molecule has 0 spiro atoms. The van der Waals surface area contributed by atoms with E-state index in [0.717, 1.165) is 50.2 Å². The molecule has 0 unspecified atom stereocenters. The van der Waals surface area contributed by atoms with Crippen LogP contribution in [0.4, 0.5) is 39.8 Å². The Morgan fingerprint density at radius 1 is 0.577 bits per heavy atom. The highest BCUT2D eigenvalue weighted by Gasteiger charge is 2.29. The van der Waals surface area contributed by atoms with Gasteiger partial charge in [-0.25, -0.2) is 0 Å². The van der Waals surface area contributed by atoms with Crippen LogP contribution in [0.2, 0.25) is 0 Å². The topological polar surface area (TPSA) is 371 Å². The van der Waals surface area contributed by atoms with E-state index < -0.39 is 117 Å². The van der Waals surface area contributed by atoms with Gasteiger partial charge in [-0.1, -0.05) is 0 Å². The minimum Gasteiger partial charge on any atom is -0.505 e. The van der Waals surface area contributed by atoms with Gasteiger partial charge < -0.3 is 21.5 Å². The number of benzene rings is 4. The van der Waals surface area contributed by atoms with Crippen molar-refractivity contribution in [2.75, 3.05) is 16.4 Å². The third-order valence-electron chi connectivity index (χ3n) is 6.50. The second-order valence-electron chi connectivity index (χ2n) is 10.3. The normalized spacial score (nSPS) is 12.8. The zero-order chi connectivity index (χ0) is 39.1. The summed E-state index contributed by atoms with van der Waals surface area (Å²) in [6, 6.07) is 6.69. The van der Waals surface area contributed by atoms with Gasteiger partial charge in [0.2, 0.25) is 11.8 Å². The highest BCUT2D eigenvalue weighted by molar-refractivity contribution is 7.86. The lowest BCUT2D eigenvalue weighted by molar-refractivity contribution is -0.115. The van der Waals surface area contributed by atoms with Crippen LogP contribution in [0.15, 0.2) is 88.6 Å². The molecule has 276 valence electrons. The second kappa shape index (κ2) is 13.9. The first-order valence-electron chi connectivity index (χ1n) is 13.5. The number of hydrogen-bond acceptors (Lipinski definition) is 16. The largest absolute Gasteiger partial charge is 0.505 e. The third-order valence-corrected chi connectivity index (χ3v) is 10.0. The number of nitrogens with zero attached hydrogens (tertiary/aromatic N) is 4. The number of fused-ring (bicyclic) bond motifs is 1. The summed E-state index contributed by atoms with van der Waals surface area (Å²) in [4.78, 5) is 18.5. The Morgan fingerprint density at radius 2 is 0.942 bits per heavy atom. The van der Waals surface area contributed by atoms with Crippen LogP contribution in [-0.2, 0) is 50.1 Å². The molecule has 0 heterocycles. The van der Waals surface area contributed by atoms with E-state index in [1.165, 1.54) is 0 Å². The van der Waals surface area contributed by atoms with Crippen LogP contribution < -0.4 is 16.4 Å². The molecule has 22 nitrogen and oxygen atoms in total. The highest BCUT2D eigenvalue weighted by Crippen LogP contribution is 2.48. The Labute approximate surface area is 293 Å². The maximum atomic E-state index is 12.4. The summed E-state index contributed by atoms with van der Waals surface area (Å²) >= 11 is 0. The first-order valence-corrected chi connectivity index (χ1v) is 19.2. The van der Waals surface area contributed by atoms with Crippen LogP contribution >= 0.6 is 0 Å². The summed E-state index contributed by atoms with van der Waals surface area (Å²) in [5.41, 5.74) is 1.56. The maximum absolute atomic E-state index is 12.4. The standard InChI is InChI=1S/C26H23N7O15S4/c1-11(34)28-14-3-5-16(18(9-14)49(37,38)39)30-32-24-20(51(43,44)45)7-13-8-21(52(46,47)48)25(26(36)22(13)23(24)27)33-31-17-6-4-15(29-12(2)35)10-19(17)50(40,41)42/h3-10,36H,27H2,1-2H3,(H,28,34)(H,29,35)(H,37,38,39)(H,40,41,42)(H,43,44,45)(H,46,47,48). The molecule has 0 saturated carbocycles. The van der Waals surface area contributed by atoms with E-state index in [1.54, 1.807) is 0 Å². The second-order valence-corrected chi connectivity index (χ2v) is 15.9. The van der Waals surface area contributed by atoms with Crippen LogP contribution in [0.5, 0.6) is 5.75 Å². The molecule has 4 aromatic carbocycles. The fourth-order valence-electron chi connectivity index (χ4n) is 4.48. The van der Waals surface area contributed by atoms with Crippen molar-refractivity contribution in [1.29, 1.82) is 0 Å². The van der Waals surface area contributed by atoms with E-state index in [2.05, 4.69) is 31.1 Å². The van der Waals surface area contributed by atoms with Crippen molar-refractivity contribution in [3.05, 3.63) is 48.5 Å². The number of nitrogens with one attached hydrogen (secondary N) is 2. The average molecular weight is 802 g/mol. The van der Waals surface area contributed by atoms with Crippen molar-refractivity contribution < 1.29 is 66.6 Å². The number of nitrogen functional groups attached to an aromatic ring is 1. The Bertz CT molecular complexity index is 2530. The molecule has 0 bridgehead atoms. The summed E-state index contributed by atoms with van der Waals surface area (Å²) in [5.74, 6) is -2.50. The van der Waals surface area contributed by atoms with Gasteiger partial charge in [-0.2, -0.15) is 33.7 Å². The zero-order valence-electron chi connectivity index (χ0n) is 25.9. The van der Waals surface area contributed by atoms with E-state index in [1.807, 2.05) is 0 Å². The van der Waals surface area contributed by atoms with Crippen molar-refractivity contribution in [2.24, 2.45) is 20.5 Å². The van der Waals surface area contributed by atoms with Crippen molar-refractivity contribution in [1.82, 2.24) is 0 Å². The maximum Gasteiger partial charge on any atom is 0.296 e. The molecule has 0 aliphatic rings. The number of anilines is 3. The SMILES string of the molecule is CC(=O)Nc1ccc(N=Nc2c(S(=O)(=O)O)cc3cc(S(=O)(=O)O)c(N=Nc4ccc(NC(C)=O)cc4S(=O)(=O)O)c(O)c3c2N)c(S(=O)(=O)O)c1. The van der Waals surface area contributed by atoms with Crippen LogP contribution in [0.25, 0.3) is 10.8 Å². The highest BCUT2D eigenvalue weighted by atomic mass is 32.2. The van der Waals surface area contributed by atoms with Crippen molar-refractivity contribution in [2.45, 2.75) is 33.4 Å². The Kier molecular flexibility index (Phi) is 10.5. The fourth-order valence-corrected chi connectivity index (χ4v) is 7.11. The van der Waals surface area contributed by atoms with Gasteiger partial charge in [0.05, 0.1) is 11.1 Å². The molecular weight excluding hydrogens is 779 g/mol. The minimum atomic E-state index is -5.39. The summed E-state index contributed by atoms with van der Waals surface area (Å²) in [6.07, 6.45) is 0. The zero-order valence-corrected chi connectivity index (χ0v) is 29.2. The number of aromatic hydroxyl groups is 1. The molecule has 0 aliphatic heterocycles. The molecule has 52 heavy (non-hydrogen) atoms. The number of carbonyl (C=O) groups is 2. The molecule has 4 rings (SSSR count). The number of amides is 2. The Morgan fingerprint density at radius 3 is 1.31 bits per heavy atom. The number of azo groups is 2. The van der Waals surface area contributed by atoms with Gasteiger partial charge in [-0.3, -0.25) is 27.8 Å². The molecule has 0 radical (unpaired) electrons. The fraction of sp³-hybridized carbons (Fsp3) is 0.0769. The Hall–Kier alpha value is -5.48. The third kappa shape index (κ3) is 8.69. The quantitative estimate of drug-likeness (QED) is 0.0641. The molecule has 2 amide bonds. The molecule has 0 aromatic heterocycles. The number of phenols is 1. The van der Waals surface area contributed by atoms with Gasteiger partial charge in [0.25, 0.3) is 40.5 Å². The lowest BCUT2D eigenvalue weighted by Gasteiger charge is -2.14. The summed E-state index contributed by atoms with van der Waals surface area (Å²) in [5, 5.41) is 28.8. The molecule has 4 aromatic rings. The summed E-state index contributed by atoms with van der Waals surface area (Å²) in [7, 11) is -20.9. The van der Waals surface area contributed by atoms with E-state index in [9.17, 15) is 66.6 Å². The van der Waals surface area contributed by atoms with Crippen molar-refractivity contribution in [3.63, 3.8) is 0 Å². The van der Waals surface area contributed by atoms with E-state index in [-0.39, 0.29) is 11.4 Å². The number of phenolic OH excluding ortho intramolecular Hbond substituents is 1. The molecular formula is C26H23N7O15S4. The lowest BCUT2D eigenvalue weighted by Crippen LogP contribution is -2.07. The molecule has 26 heteroatoms. The molecule has 0 aliphatic carbocycles. The number of carbonyl (C=O) groups excluding carboxylic acids is 2. The van der Waals surface area contributed by atoms with Crippen LogP contribution in [0, 0.1) is 0 Å². The predicted molar refractivity (Wildman–Crippen MR) is 179 cm³/mol. The van der Waals surface area contributed by atoms with Crippen LogP contribution in [-0.4, -0.2) is 68.8 Å². The molecule has 0 fully saturated rings. The lowest BCUT2D eigenvalue weighted by atomic mass is 10.1. The predicted octanol–water partition coefficient (Wildman–Crippen LogP) is 3.86. The first-order chi connectivity index (χ1) is 23.8. The Balaban J connectivity index is 2.03. The number of hydrogen-bond donors (Lipinski definition) is 8. The van der Waals surface area contributed by atoms with E-state index >= 15 is 0 Å². The number of nitrogens with two attached hydrogens (primary N) is 1. The monoisotopic (exact) mass is 801 g/mol. The van der Waals surface area contributed by atoms with Crippen molar-refractivity contribution >= 4 is 103 Å². The average Bonchev–Trinajstić information content (AvgIpc) is 2.98. The van der Waals surface area contributed by atoms with Crippen LogP contribution in [0.3, 0.4) is 0 Å². The van der Waals surface area contributed by atoms with Gasteiger partial charge in [-0.05, 0) is 53.9 Å². The van der Waals surface area contributed by atoms with Gasteiger partial charge in [0.1, 0.15) is 42.3 Å². The smallest absolute Gasteiger partial charge is 0.296 e. The van der Waals surface area contributed by atoms with Gasteiger partial charge >= 0.3 is 0 Å². The van der Waals surface area contributed by atoms with Gasteiger partial charge in [0, 0.05) is 25.2 Å². The van der Waals surface area contributed by atoms with Gasteiger partial charge in [-0.15, -0.1) is 20.5 Å². The van der Waals surface area contributed by atoms with Crippen LogP contribution in [0.1, 0.15) is 13.8 Å². The van der Waals surface area contributed by atoms with Crippen molar-refractivity contribution in [3.8, 4) is 5.75 Å². The first kappa shape index (κ1) is 39.3. The molecule has 0 atom stereocenters. The molecule has 9 N–H and O–H groups in total. The van der Waals surface area contributed by atoms with E-state index in [4.69, 9.17) is 5.73 Å². The van der Waals surface area contributed by atoms with Gasteiger partial charge in [0.15, 0.2) is 5.75 Å². The van der Waals surface area contributed by atoms with E-state index in [0.29, 0.717) is 12.1 Å². The number of rotatable bonds is 10.